The van der Waals surface area contributed by atoms with Gasteiger partial charge >= 0.3 is 0 Å². The maximum atomic E-state index is 11.9. The molecule has 0 unspecified atom stereocenters. The van der Waals surface area contributed by atoms with E-state index in [1.54, 1.807) is 6.08 Å². The average Bonchev–Trinajstić information content (AvgIpc) is 2.24. The zero-order valence-corrected chi connectivity index (χ0v) is 10.2. The molecule has 2 rings (SSSR count). The van der Waals surface area contributed by atoms with E-state index in [9.17, 15) is 9.59 Å². The molecule has 0 spiro atoms. The summed E-state index contributed by atoms with van der Waals surface area (Å²) < 4.78 is 0. The molecule has 2 nitrogen and oxygen atoms in total. The number of Topliss-reactive ketones (excluding diaryl/α,β-unsaturated/α-hetero) is 2. The van der Waals surface area contributed by atoms with Gasteiger partial charge in [0, 0.05) is 12.8 Å². The topological polar surface area (TPSA) is 34.1 Å². The van der Waals surface area contributed by atoms with E-state index < -0.39 is 0 Å². The maximum Gasteiger partial charge on any atom is 0.167 e. The molecule has 1 aromatic rings. The van der Waals surface area contributed by atoms with Gasteiger partial charge in [-0.3, -0.25) is 9.59 Å². The van der Waals surface area contributed by atoms with Gasteiger partial charge in [0.15, 0.2) is 11.6 Å². The largest absolute Gasteiger partial charge is 0.294 e. The highest BCUT2D eigenvalue weighted by molar-refractivity contribution is 6.25. The maximum absolute atomic E-state index is 11.9. The molecule has 1 aliphatic rings. The van der Waals surface area contributed by atoms with Crippen molar-refractivity contribution in [2.24, 2.45) is 5.41 Å². The number of hydrogen-bond acceptors (Lipinski definition) is 2. The molecule has 1 aromatic carbocycles. The number of benzene rings is 1. The predicted octanol–water partition coefficient (Wildman–Crippen LogP) is 3.03. The first kappa shape index (κ1) is 11.8. The SMILES string of the molecule is CC1(C)CC(=O)C(=Cc2ccccc2)C(=O)C1. The van der Waals surface area contributed by atoms with Crippen LogP contribution in [0.2, 0.25) is 0 Å². The van der Waals surface area contributed by atoms with E-state index in [0.29, 0.717) is 18.4 Å². The second kappa shape index (κ2) is 4.28. The molecule has 0 aromatic heterocycles. The molecule has 0 saturated heterocycles. The monoisotopic (exact) mass is 228 g/mol. The summed E-state index contributed by atoms with van der Waals surface area (Å²) >= 11 is 0. The van der Waals surface area contributed by atoms with Crippen molar-refractivity contribution in [3.05, 3.63) is 41.5 Å². The number of carbonyl (C=O) groups excluding carboxylic acids is 2. The van der Waals surface area contributed by atoms with Crippen molar-refractivity contribution in [1.29, 1.82) is 0 Å². The molecule has 1 aliphatic carbocycles. The molecule has 2 heteroatoms. The molecular formula is C15H16O2. The van der Waals surface area contributed by atoms with Crippen molar-refractivity contribution in [2.75, 3.05) is 0 Å². The van der Waals surface area contributed by atoms with E-state index in [0.717, 1.165) is 5.56 Å². The Balaban J connectivity index is 2.31. The van der Waals surface area contributed by atoms with E-state index >= 15 is 0 Å². The highest BCUT2D eigenvalue weighted by atomic mass is 16.1. The van der Waals surface area contributed by atoms with E-state index in [1.807, 2.05) is 44.2 Å². The molecule has 1 saturated carbocycles. The summed E-state index contributed by atoms with van der Waals surface area (Å²) in [4.78, 5) is 23.9. The lowest BCUT2D eigenvalue weighted by molar-refractivity contribution is -0.127. The highest BCUT2D eigenvalue weighted by Crippen LogP contribution is 2.34. The van der Waals surface area contributed by atoms with Crippen molar-refractivity contribution >= 4 is 17.6 Å². The van der Waals surface area contributed by atoms with Crippen LogP contribution in [-0.2, 0) is 9.59 Å². The first-order chi connectivity index (χ1) is 7.98. The molecule has 0 bridgehead atoms. The average molecular weight is 228 g/mol. The van der Waals surface area contributed by atoms with Crippen LogP contribution in [0.1, 0.15) is 32.3 Å². The Hall–Kier alpha value is -1.70. The van der Waals surface area contributed by atoms with Crippen LogP contribution in [0.15, 0.2) is 35.9 Å². The second-order valence-electron chi connectivity index (χ2n) is 5.33. The minimum Gasteiger partial charge on any atom is -0.294 e. The summed E-state index contributed by atoms with van der Waals surface area (Å²) in [6.07, 6.45) is 2.62. The van der Waals surface area contributed by atoms with Gasteiger partial charge in [0.25, 0.3) is 0 Å². The van der Waals surface area contributed by atoms with Crippen molar-refractivity contribution in [1.82, 2.24) is 0 Å². The van der Waals surface area contributed by atoms with E-state index in [4.69, 9.17) is 0 Å². The first-order valence-corrected chi connectivity index (χ1v) is 5.81. The zero-order valence-electron chi connectivity index (χ0n) is 10.2. The van der Waals surface area contributed by atoms with Crippen LogP contribution in [0.3, 0.4) is 0 Å². The van der Waals surface area contributed by atoms with E-state index in [-0.39, 0.29) is 17.0 Å². The molecular weight excluding hydrogens is 212 g/mol. The van der Waals surface area contributed by atoms with E-state index in [2.05, 4.69) is 0 Å². The molecule has 0 amide bonds. The fourth-order valence-electron chi connectivity index (χ4n) is 2.15. The van der Waals surface area contributed by atoms with Crippen LogP contribution in [-0.4, -0.2) is 11.6 Å². The summed E-state index contributed by atoms with van der Waals surface area (Å²) in [6.45, 7) is 3.92. The van der Waals surface area contributed by atoms with Crippen LogP contribution < -0.4 is 0 Å². The zero-order chi connectivity index (χ0) is 12.5. The Morgan fingerprint density at radius 3 is 2.06 bits per heavy atom. The summed E-state index contributed by atoms with van der Waals surface area (Å²) in [5, 5.41) is 0. The van der Waals surface area contributed by atoms with Gasteiger partial charge in [0.05, 0.1) is 5.57 Å². The number of hydrogen-bond donors (Lipinski definition) is 0. The molecule has 0 heterocycles. The fourth-order valence-corrected chi connectivity index (χ4v) is 2.15. The quantitative estimate of drug-likeness (QED) is 0.547. The lowest BCUT2D eigenvalue weighted by Gasteiger charge is -2.28. The third-order valence-electron chi connectivity index (χ3n) is 2.99. The van der Waals surface area contributed by atoms with Crippen molar-refractivity contribution in [3.63, 3.8) is 0 Å². The lowest BCUT2D eigenvalue weighted by atomic mass is 9.74. The van der Waals surface area contributed by atoms with Gasteiger partial charge in [0.1, 0.15) is 0 Å². The Bertz CT molecular complexity index is 459. The van der Waals surface area contributed by atoms with Gasteiger partial charge in [-0.1, -0.05) is 44.2 Å². The van der Waals surface area contributed by atoms with Gasteiger partial charge in [-0.25, -0.2) is 0 Å². The smallest absolute Gasteiger partial charge is 0.167 e. The van der Waals surface area contributed by atoms with Crippen LogP contribution in [0.25, 0.3) is 6.08 Å². The summed E-state index contributed by atoms with van der Waals surface area (Å²) in [5.74, 6) is -0.0646. The minimum atomic E-state index is -0.192. The molecule has 0 N–H and O–H groups in total. The minimum absolute atomic E-state index is 0.0323. The second-order valence-corrected chi connectivity index (χ2v) is 5.33. The molecule has 88 valence electrons. The molecule has 1 fully saturated rings. The molecule has 0 radical (unpaired) electrons. The third kappa shape index (κ3) is 2.70. The Morgan fingerprint density at radius 1 is 1.00 bits per heavy atom. The summed E-state index contributed by atoms with van der Waals surface area (Å²) in [7, 11) is 0. The van der Waals surface area contributed by atoms with Crippen molar-refractivity contribution < 1.29 is 9.59 Å². The summed E-state index contributed by atoms with van der Waals surface area (Å²) in [6, 6.07) is 9.50. The van der Waals surface area contributed by atoms with Gasteiger partial charge in [-0.15, -0.1) is 0 Å². The first-order valence-electron chi connectivity index (χ1n) is 5.81. The summed E-state index contributed by atoms with van der Waals surface area (Å²) in [5.41, 5.74) is 1.07. The van der Waals surface area contributed by atoms with E-state index in [1.165, 1.54) is 0 Å². The van der Waals surface area contributed by atoms with Crippen LogP contribution in [0, 0.1) is 5.41 Å². The van der Waals surface area contributed by atoms with Gasteiger partial charge in [0.2, 0.25) is 0 Å². The normalized spacial score (nSPS) is 19.3. The Labute approximate surface area is 101 Å². The van der Waals surface area contributed by atoms with Crippen molar-refractivity contribution in [3.8, 4) is 0 Å². The fraction of sp³-hybridized carbons (Fsp3) is 0.333. The number of carbonyl (C=O) groups is 2. The Morgan fingerprint density at radius 2 is 1.53 bits per heavy atom. The molecule has 0 atom stereocenters. The standard InChI is InChI=1S/C15H16O2/c1-15(2)9-13(16)12(14(17)10-15)8-11-6-4-3-5-7-11/h3-8H,9-10H2,1-2H3. The Kier molecular flexibility index (Phi) is 2.97. The third-order valence-corrected chi connectivity index (χ3v) is 2.99. The van der Waals surface area contributed by atoms with Crippen LogP contribution in [0.4, 0.5) is 0 Å². The lowest BCUT2D eigenvalue weighted by Crippen LogP contribution is -2.31. The molecule has 17 heavy (non-hydrogen) atoms. The van der Waals surface area contributed by atoms with Crippen LogP contribution in [0.5, 0.6) is 0 Å². The number of ketones is 2. The van der Waals surface area contributed by atoms with Crippen molar-refractivity contribution in [2.45, 2.75) is 26.7 Å². The van der Waals surface area contributed by atoms with Gasteiger partial charge in [-0.2, -0.15) is 0 Å². The highest BCUT2D eigenvalue weighted by Gasteiger charge is 2.35. The van der Waals surface area contributed by atoms with Crippen LogP contribution >= 0.6 is 0 Å². The molecule has 0 aliphatic heterocycles. The predicted molar refractivity (Wildman–Crippen MR) is 67.4 cm³/mol. The van der Waals surface area contributed by atoms with Gasteiger partial charge in [-0.05, 0) is 17.1 Å². The number of rotatable bonds is 1. The van der Waals surface area contributed by atoms with Gasteiger partial charge < -0.3 is 0 Å². The number of allylic oxidation sites excluding steroid dienone is 1.